The average Bonchev–Trinajstić information content (AvgIpc) is 3.55. The fourth-order valence-electron chi connectivity index (χ4n) is 10.0. The molecule has 0 aliphatic rings. The van der Waals surface area contributed by atoms with Crippen molar-refractivity contribution >= 4 is 39.5 Å². The molecule has 3 N–H and O–H groups in total. The third-order valence-electron chi connectivity index (χ3n) is 15.8. The fourth-order valence-corrected chi connectivity index (χ4v) is 11.6. The topological polar surface area (TPSA) is 237 Å². The largest absolute Gasteiger partial charge is 0.472 e. The number of aliphatic hydroxyl groups is 1. The Hall–Kier alpha value is -1.94. The molecule has 0 aromatic carbocycles. The van der Waals surface area contributed by atoms with Crippen LogP contribution < -0.4 is 0 Å². The van der Waals surface area contributed by atoms with Crippen molar-refractivity contribution in [1.82, 2.24) is 0 Å². The molecule has 0 aliphatic heterocycles. The zero-order valence-electron chi connectivity index (χ0n) is 55.6. The number of phosphoric acid groups is 2. The lowest BCUT2D eigenvalue weighted by Gasteiger charge is -2.21. The maximum absolute atomic E-state index is 13.0. The molecule has 0 aliphatic carbocycles. The van der Waals surface area contributed by atoms with Crippen LogP contribution in [0.3, 0.4) is 0 Å². The van der Waals surface area contributed by atoms with Gasteiger partial charge in [-0.1, -0.05) is 286 Å². The Morgan fingerprint density at radius 3 is 0.884 bits per heavy atom. The standard InChI is InChI=1S/C67H130O17P2/c1-7-10-12-14-16-18-19-20-21-26-32-38-44-50-65(70)78-55-62(83-66(71)51-45-39-33-27-23-22-25-30-36-42-48-60(6)9-3)57-81-85(73,74)79-53-61(68)54-80-86(75,76)82-58-63(56-77-64(69)49-43-37-31-24-17-15-13-11-8-2)84-67(72)52-46-40-34-28-29-35-41-47-59(4)5/h59-63,68H,7-58H2,1-6H3,(H,73,74)(H,75,76)/t60?,61-,62-,63-/m1/s1. The smallest absolute Gasteiger partial charge is 0.462 e. The first kappa shape index (κ1) is 84.1. The van der Waals surface area contributed by atoms with Gasteiger partial charge in [-0.2, -0.15) is 0 Å². The van der Waals surface area contributed by atoms with E-state index in [1.165, 1.54) is 154 Å². The molecule has 0 radical (unpaired) electrons. The maximum atomic E-state index is 13.0. The van der Waals surface area contributed by atoms with Crippen LogP contribution in [0.2, 0.25) is 0 Å². The maximum Gasteiger partial charge on any atom is 0.472 e. The van der Waals surface area contributed by atoms with Gasteiger partial charge in [-0.3, -0.25) is 37.3 Å². The summed E-state index contributed by atoms with van der Waals surface area (Å²) in [5, 5.41) is 10.6. The van der Waals surface area contributed by atoms with E-state index in [4.69, 9.17) is 37.0 Å². The number of hydrogen-bond acceptors (Lipinski definition) is 15. The summed E-state index contributed by atoms with van der Waals surface area (Å²) in [5.74, 6) is -0.632. The number of carbonyl (C=O) groups excluding carboxylic acids is 4. The van der Waals surface area contributed by atoms with Crippen LogP contribution in [0.5, 0.6) is 0 Å². The van der Waals surface area contributed by atoms with Gasteiger partial charge in [0.25, 0.3) is 0 Å². The number of esters is 4. The molecule has 0 aromatic rings. The summed E-state index contributed by atoms with van der Waals surface area (Å²) < 4.78 is 68.1. The van der Waals surface area contributed by atoms with Gasteiger partial charge < -0.3 is 33.8 Å². The average molecular weight is 1270 g/mol. The van der Waals surface area contributed by atoms with Gasteiger partial charge >= 0.3 is 39.5 Å². The summed E-state index contributed by atoms with van der Waals surface area (Å²) in [6.07, 6.45) is 43.0. The van der Waals surface area contributed by atoms with E-state index < -0.39 is 97.5 Å². The number of phosphoric ester groups is 2. The summed E-state index contributed by atoms with van der Waals surface area (Å²) in [7, 11) is -9.89. The van der Waals surface area contributed by atoms with Gasteiger partial charge in [0.1, 0.15) is 19.3 Å². The summed E-state index contributed by atoms with van der Waals surface area (Å²) >= 11 is 0. The summed E-state index contributed by atoms with van der Waals surface area (Å²) in [6.45, 7) is 9.47. The summed E-state index contributed by atoms with van der Waals surface area (Å²) in [5.41, 5.74) is 0. The van der Waals surface area contributed by atoms with Gasteiger partial charge in [0.2, 0.25) is 0 Å². The highest BCUT2D eigenvalue weighted by Gasteiger charge is 2.30. The van der Waals surface area contributed by atoms with Crippen LogP contribution in [0.1, 0.15) is 337 Å². The van der Waals surface area contributed by atoms with Crippen LogP contribution in [0.4, 0.5) is 0 Å². The van der Waals surface area contributed by atoms with Gasteiger partial charge in [-0.25, -0.2) is 9.13 Å². The third-order valence-corrected chi connectivity index (χ3v) is 17.7. The van der Waals surface area contributed by atoms with E-state index in [1.54, 1.807) is 0 Å². The first-order valence-electron chi connectivity index (χ1n) is 35.0. The predicted molar refractivity (Wildman–Crippen MR) is 345 cm³/mol. The van der Waals surface area contributed by atoms with E-state index in [2.05, 4.69) is 41.5 Å². The molecule has 6 atom stereocenters. The number of aliphatic hydroxyl groups excluding tert-OH is 1. The molecule has 0 heterocycles. The Morgan fingerprint density at radius 1 is 0.337 bits per heavy atom. The molecule has 0 amide bonds. The zero-order chi connectivity index (χ0) is 63.6. The Labute approximate surface area is 524 Å². The van der Waals surface area contributed by atoms with Gasteiger partial charge in [0.05, 0.1) is 26.4 Å². The van der Waals surface area contributed by atoms with Gasteiger partial charge in [0.15, 0.2) is 12.2 Å². The van der Waals surface area contributed by atoms with Gasteiger partial charge in [-0.05, 0) is 37.5 Å². The van der Waals surface area contributed by atoms with E-state index in [1.807, 2.05) is 0 Å². The highest BCUT2D eigenvalue weighted by molar-refractivity contribution is 7.47. The molecule has 0 fully saturated rings. The van der Waals surface area contributed by atoms with Crippen LogP contribution >= 0.6 is 15.6 Å². The quantitative estimate of drug-likeness (QED) is 0.0222. The van der Waals surface area contributed by atoms with E-state index in [-0.39, 0.29) is 25.7 Å². The highest BCUT2D eigenvalue weighted by atomic mass is 31.2. The number of rotatable bonds is 66. The summed E-state index contributed by atoms with van der Waals surface area (Å²) in [6, 6.07) is 0. The van der Waals surface area contributed by atoms with E-state index >= 15 is 0 Å². The van der Waals surface area contributed by atoms with E-state index in [0.717, 1.165) is 95.8 Å². The van der Waals surface area contributed by atoms with Crippen LogP contribution in [-0.2, 0) is 65.4 Å². The second-order valence-corrected chi connectivity index (χ2v) is 27.8. The van der Waals surface area contributed by atoms with Crippen LogP contribution in [0.25, 0.3) is 0 Å². The fraction of sp³-hybridized carbons (Fsp3) is 0.940. The Bertz CT molecular complexity index is 1690. The molecule has 0 rings (SSSR count). The minimum atomic E-state index is -4.95. The van der Waals surface area contributed by atoms with Gasteiger partial charge in [-0.15, -0.1) is 0 Å². The zero-order valence-corrected chi connectivity index (χ0v) is 57.4. The number of hydrogen-bond donors (Lipinski definition) is 3. The van der Waals surface area contributed by atoms with Crippen molar-refractivity contribution in [2.75, 3.05) is 39.6 Å². The first-order valence-corrected chi connectivity index (χ1v) is 38.0. The van der Waals surface area contributed by atoms with Crippen molar-refractivity contribution in [2.45, 2.75) is 355 Å². The molecule has 510 valence electrons. The van der Waals surface area contributed by atoms with Crippen molar-refractivity contribution < 1.29 is 80.2 Å². The molecular weight excluding hydrogens is 1140 g/mol. The number of ether oxygens (including phenoxy) is 4. The molecule has 19 heteroatoms. The third kappa shape index (κ3) is 59.7. The molecule has 17 nitrogen and oxygen atoms in total. The molecule has 0 saturated heterocycles. The normalized spacial score (nSPS) is 14.5. The van der Waals surface area contributed by atoms with Gasteiger partial charge in [0, 0.05) is 25.7 Å². The Balaban J connectivity index is 5.24. The molecule has 0 aromatic heterocycles. The van der Waals surface area contributed by atoms with E-state index in [0.29, 0.717) is 31.6 Å². The Morgan fingerprint density at radius 2 is 0.593 bits per heavy atom. The second kappa shape index (κ2) is 59.4. The van der Waals surface area contributed by atoms with Crippen molar-refractivity contribution in [3.63, 3.8) is 0 Å². The van der Waals surface area contributed by atoms with Crippen molar-refractivity contribution in [3.8, 4) is 0 Å². The van der Waals surface area contributed by atoms with Crippen LogP contribution in [-0.4, -0.2) is 96.7 Å². The molecule has 0 bridgehead atoms. The SMILES string of the molecule is CCCCCCCCCCCCCCCC(=O)OC[C@H](COP(=O)(O)OC[C@@H](O)COP(=O)(O)OC[C@@H](COC(=O)CCCCCCCCCCC)OC(=O)CCCCCCCCCC(C)C)OC(=O)CCCCCCCCCCCCC(C)CC. The minimum absolute atomic E-state index is 0.103. The number of carbonyl (C=O) groups is 4. The monoisotopic (exact) mass is 1270 g/mol. The number of unbranched alkanes of at least 4 members (excludes halogenated alkanes) is 35. The van der Waals surface area contributed by atoms with Crippen molar-refractivity contribution in [2.24, 2.45) is 11.8 Å². The minimum Gasteiger partial charge on any atom is -0.462 e. The molecule has 86 heavy (non-hydrogen) atoms. The van der Waals surface area contributed by atoms with Crippen molar-refractivity contribution in [1.29, 1.82) is 0 Å². The lowest BCUT2D eigenvalue weighted by atomic mass is 9.99. The molecular formula is C67H130O17P2. The summed E-state index contributed by atoms with van der Waals surface area (Å²) in [4.78, 5) is 72.3. The highest BCUT2D eigenvalue weighted by Crippen LogP contribution is 2.45. The van der Waals surface area contributed by atoms with Crippen molar-refractivity contribution in [3.05, 3.63) is 0 Å². The second-order valence-electron chi connectivity index (χ2n) is 24.9. The molecule has 0 saturated carbocycles. The Kier molecular flexibility index (Phi) is 58.0. The molecule has 0 spiro atoms. The lowest BCUT2D eigenvalue weighted by molar-refractivity contribution is -0.161. The lowest BCUT2D eigenvalue weighted by Crippen LogP contribution is -2.30. The molecule has 3 unspecified atom stereocenters. The van der Waals surface area contributed by atoms with E-state index in [9.17, 15) is 43.2 Å². The van der Waals surface area contributed by atoms with Crippen LogP contribution in [0.15, 0.2) is 0 Å². The predicted octanol–water partition coefficient (Wildman–Crippen LogP) is 18.8. The first-order chi connectivity index (χ1) is 41.4. The van der Waals surface area contributed by atoms with Crippen LogP contribution in [0, 0.1) is 11.8 Å².